The van der Waals surface area contributed by atoms with E-state index in [4.69, 9.17) is 0 Å². The van der Waals surface area contributed by atoms with Crippen LogP contribution >= 0.6 is 0 Å². The summed E-state index contributed by atoms with van der Waals surface area (Å²) in [4.78, 5) is 0. The summed E-state index contributed by atoms with van der Waals surface area (Å²) in [6.07, 6.45) is 8.78. The second-order valence-corrected chi connectivity index (χ2v) is 12.1. The predicted octanol–water partition coefficient (Wildman–Crippen LogP) is 11.9. The van der Waals surface area contributed by atoms with Crippen LogP contribution in [0.15, 0.2) is 170 Å². The third kappa shape index (κ3) is 6.43. The van der Waals surface area contributed by atoms with Crippen molar-refractivity contribution < 1.29 is 0 Å². The molecule has 0 aliphatic heterocycles. The molecule has 0 aromatic heterocycles. The number of allylic oxidation sites excluding steroid dienone is 2. The molecular weight excluding hydrogens is 556 g/mol. The van der Waals surface area contributed by atoms with E-state index < -0.39 is 0 Å². The van der Waals surface area contributed by atoms with Crippen molar-refractivity contribution in [3.63, 3.8) is 0 Å². The molecule has 0 bridgehead atoms. The van der Waals surface area contributed by atoms with E-state index in [1.54, 1.807) is 0 Å². The highest BCUT2D eigenvalue weighted by atomic mass is 14.9. The molecule has 224 valence electrons. The fourth-order valence-electron chi connectivity index (χ4n) is 6.23. The van der Waals surface area contributed by atoms with E-state index in [1.807, 2.05) is 0 Å². The Balaban J connectivity index is 1.28. The lowest BCUT2D eigenvalue weighted by Gasteiger charge is -2.25. The maximum Gasteiger partial charge on any atom is 0.0507 e. The highest BCUT2D eigenvalue weighted by Crippen LogP contribution is 2.39. The van der Waals surface area contributed by atoms with Crippen LogP contribution in [0.3, 0.4) is 0 Å². The van der Waals surface area contributed by atoms with Gasteiger partial charge in [0.2, 0.25) is 0 Å². The van der Waals surface area contributed by atoms with Gasteiger partial charge < -0.3 is 10.6 Å². The van der Waals surface area contributed by atoms with E-state index in [0.29, 0.717) is 5.92 Å². The Labute approximate surface area is 272 Å². The second kappa shape index (κ2) is 13.2. The van der Waals surface area contributed by atoms with Gasteiger partial charge in [-0.25, -0.2) is 0 Å². The van der Waals surface area contributed by atoms with Gasteiger partial charge in [-0.1, -0.05) is 146 Å². The molecule has 1 aliphatic carbocycles. The van der Waals surface area contributed by atoms with Crippen molar-refractivity contribution in [1.29, 1.82) is 0 Å². The molecule has 0 spiro atoms. The van der Waals surface area contributed by atoms with Crippen LogP contribution in [0.2, 0.25) is 0 Å². The van der Waals surface area contributed by atoms with Gasteiger partial charge in [0.1, 0.15) is 0 Å². The first-order chi connectivity index (χ1) is 22.6. The molecule has 6 aromatic rings. The Bertz CT molecular complexity index is 2020. The smallest absolute Gasteiger partial charge is 0.0507 e. The van der Waals surface area contributed by atoms with Crippen LogP contribution in [-0.2, 0) is 0 Å². The van der Waals surface area contributed by atoms with E-state index in [0.717, 1.165) is 17.1 Å². The number of aryl methyl sites for hydroxylation is 1. The molecule has 2 nitrogen and oxygen atoms in total. The van der Waals surface area contributed by atoms with Gasteiger partial charge in [0.15, 0.2) is 0 Å². The SMILES string of the molecule is Cc1cccc(-c2cc(-c3ccc(NC4C=CC=CC4C)c(-c4ccccc4)c3)ccc2Nc2cccc(-c3ccccc3)c2)c1. The van der Waals surface area contributed by atoms with Crippen LogP contribution in [0.5, 0.6) is 0 Å². The summed E-state index contributed by atoms with van der Waals surface area (Å²) in [7, 11) is 0. The lowest BCUT2D eigenvalue weighted by atomic mass is 9.92. The molecule has 0 amide bonds. The molecule has 1 aliphatic rings. The first-order valence-corrected chi connectivity index (χ1v) is 16.1. The molecule has 2 heteroatoms. The zero-order chi connectivity index (χ0) is 31.3. The molecule has 2 atom stereocenters. The normalized spacial score (nSPS) is 15.4. The summed E-state index contributed by atoms with van der Waals surface area (Å²) in [5.74, 6) is 0.415. The summed E-state index contributed by atoms with van der Waals surface area (Å²) in [6.45, 7) is 4.41. The largest absolute Gasteiger partial charge is 0.378 e. The van der Waals surface area contributed by atoms with Crippen molar-refractivity contribution in [3.8, 4) is 44.5 Å². The third-order valence-corrected chi connectivity index (χ3v) is 8.77. The quantitative estimate of drug-likeness (QED) is 0.183. The highest BCUT2D eigenvalue weighted by molar-refractivity contribution is 5.89. The van der Waals surface area contributed by atoms with Crippen molar-refractivity contribution in [2.75, 3.05) is 10.6 Å². The molecule has 0 saturated carbocycles. The number of hydrogen-bond donors (Lipinski definition) is 2. The third-order valence-electron chi connectivity index (χ3n) is 8.77. The number of rotatable bonds is 8. The second-order valence-electron chi connectivity index (χ2n) is 12.1. The molecular formula is C44H38N2. The number of benzene rings is 6. The first-order valence-electron chi connectivity index (χ1n) is 16.1. The zero-order valence-corrected chi connectivity index (χ0v) is 26.3. The van der Waals surface area contributed by atoms with Gasteiger partial charge in [0, 0.05) is 28.2 Å². The molecule has 0 saturated heterocycles. The van der Waals surface area contributed by atoms with Gasteiger partial charge in [0.25, 0.3) is 0 Å². The van der Waals surface area contributed by atoms with Crippen molar-refractivity contribution in [1.82, 2.24) is 0 Å². The summed E-state index contributed by atoms with van der Waals surface area (Å²) in [6, 6.07) is 52.5. The molecule has 7 rings (SSSR count). The van der Waals surface area contributed by atoms with Gasteiger partial charge in [-0.2, -0.15) is 0 Å². The van der Waals surface area contributed by atoms with Crippen molar-refractivity contribution in [3.05, 3.63) is 175 Å². The average Bonchev–Trinajstić information content (AvgIpc) is 3.10. The lowest BCUT2D eigenvalue weighted by Crippen LogP contribution is -2.25. The zero-order valence-electron chi connectivity index (χ0n) is 26.3. The minimum absolute atomic E-state index is 0.247. The van der Waals surface area contributed by atoms with Crippen LogP contribution in [0.25, 0.3) is 44.5 Å². The van der Waals surface area contributed by atoms with Crippen LogP contribution in [0, 0.1) is 12.8 Å². The highest BCUT2D eigenvalue weighted by Gasteiger charge is 2.17. The van der Waals surface area contributed by atoms with E-state index in [2.05, 4.69) is 194 Å². The number of hydrogen-bond acceptors (Lipinski definition) is 2. The topological polar surface area (TPSA) is 24.1 Å². The molecule has 46 heavy (non-hydrogen) atoms. The minimum atomic E-state index is 0.247. The Kier molecular flexibility index (Phi) is 8.34. The lowest BCUT2D eigenvalue weighted by molar-refractivity contribution is 0.660. The monoisotopic (exact) mass is 594 g/mol. The van der Waals surface area contributed by atoms with E-state index in [1.165, 1.54) is 50.1 Å². The Hall–Kier alpha value is -5.60. The fourth-order valence-corrected chi connectivity index (χ4v) is 6.23. The van der Waals surface area contributed by atoms with E-state index >= 15 is 0 Å². The van der Waals surface area contributed by atoms with Gasteiger partial charge >= 0.3 is 0 Å². The van der Waals surface area contributed by atoms with Gasteiger partial charge in [0.05, 0.1) is 6.04 Å². The Morgan fingerprint density at radius 3 is 1.76 bits per heavy atom. The van der Waals surface area contributed by atoms with Gasteiger partial charge in [-0.15, -0.1) is 0 Å². The summed E-state index contributed by atoms with van der Waals surface area (Å²) < 4.78 is 0. The summed E-state index contributed by atoms with van der Waals surface area (Å²) in [5, 5.41) is 7.58. The standard InChI is InChI=1S/C44H38N2/c1-31-13-11-20-38(27-31)41-30-37(23-25-43(41)45-39-21-12-19-35(28-39)33-15-5-3-6-16-33)36-24-26-44(46-42-22-10-9-14-32(42)2)40(29-36)34-17-7-4-8-18-34/h3-30,32,42,45-46H,1-2H3. The van der Waals surface area contributed by atoms with Crippen LogP contribution in [0.1, 0.15) is 12.5 Å². The summed E-state index contributed by atoms with van der Waals surface area (Å²) in [5.41, 5.74) is 14.0. The number of nitrogens with one attached hydrogen (secondary N) is 2. The molecule has 6 aromatic carbocycles. The average molecular weight is 595 g/mol. The Morgan fingerprint density at radius 1 is 0.457 bits per heavy atom. The van der Waals surface area contributed by atoms with Crippen molar-refractivity contribution in [2.24, 2.45) is 5.92 Å². The van der Waals surface area contributed by atoms with Crippen LogP contribution < -0.4 is 10.6 Å². The minimum Gasteiger partial charge on any atom is -0.378 e. The van der Waals surface area contributed by atoms with E-state index in [-0.39, 0.29) is 6.04 Å². The molecule has 0 radical (unpaired) electrons. The summed E-state index contributed by atoms with van der Waals surface area (Å²) >= 11 is 0. The predicted molar refractivity (Wildman–Crippen MR) is 198 cm³/mol. The van der Waals surface area contributed by atoms with Crippen LogP contribution in [-0.4, -0.2) is 6.04 Å². The molecule has 2 N–H and O–H groups in total. The molecule has 0 fully saturated rings. The van der Waals surface area contributed by atoms with Gasteiger partial charge in [-0.3, -0.25) is 0 Å². The maximum atomic E-state index is 3.82. The maximum absolute atomic E-state index is 3.82. The fraction of sp³-hybridized carbons (Fsp3) is 0.0909. The van der Waals surface area contributed by atoms with Crippen molar-refractivity contribution >= 4 is 17.1 Å². The van der Waals surface area contributed by atoms with Gasteiger partial charge in [-0.05, 0) is 82.6 Å². The molecule has 0 heterocycles. The molecule has 2 unspecified atom stereocenters. The van der Waals surface area contributed by atoms with E-state index in [9.17, 15) is 0 Å². The van der Waals surface area contributed by atoms with Crippen LogP contribution in [0.4, 0.5) is 17.1 Å². The Morgan fingerprint density at radius 2 is 1.04 bits per heavy atom. The number of anilines is 3. The first kappa shape index (κ1) is 29.1. The van der Waals surface area contributed by atoms with Crippen molar-refractivity contribution in [2.45, 2.75) is 19.9 Å².